The number of nitrogens with two attached hydrogens (primary N) is 1. The van der Waals surface area contributed by atoms with Gasteiger partial charge in [0.15, 0.2) is 0 Å². The molecule has 0 saturated carbocycles. The second-order valence-electron chi connectivity index (χ2n) is 4.46. The first kappa shape index (κ1) is 14.5. The number of primary amides is 1. The molecule has 1 atom stereocenters. The molecular weight excluding hydrogens is 300 g/mol. The number of carbonyl (C=O) groups is 2. The Hall–Kier alpha value is -1.86. The predicted octanol–water partition coefficient (Wildman–Crippen LogP) is 1.27. The SMILES string of the molecule is CC(Cn1cccn1)(NC(=O)c1ccc(Cl)s1)C(N)=O. The van der Waals surface area contributed by atoms with E-state index in [0.29, 0.717) is 9.21 Å². The van der Waals surface area contributed by atoms with Crippen LogP contribution in [0.15, 0.2) is 30.6 Å². The van der Waals surface area contributed by atoms with E-state index < -0.39 is 17.4 Å². The molecule has 1 unspecified atom stereocenters. The first-order valence-electron chi connectivity index (χ1n) is 5.76. The summed E-state index contributed by atoms with van der Waals surface area (Å²) in [6.45, 7) is 1.71. The van der Waals surface area contributed by atoms with Crippen molar-refractivity contribution in [3.05, 3.63) is 39.8 Å². The smallest absolute Gasteiger partial charge is 0.262 e. The van der Waals surface area contributed by atoms with Gasteiger partial charge in [-0.05, 0) is 25.1 Å². The van der Waals surface area contributed by atoms with Crippen molar-refractivity contribution in [2.45, 2.75) is 19.0 Å². The molecule has 2 heterocycles. The molecule has 106 valence electrons. The Bertz CT molecular complexity index is 625. The molecule has 0 saturated heterocycles. The molecule has 3 N–H and O–H groups in total. The van der Waals surface area contributed by atoms with Crippen molar-refractivity contribution in [1.29, 1.82) is 0 Å². The van der Waals surface area contributed by atoms with E-state index in [1.807, 2.05) is 0 Å². The standard InChI is InChI=1S/C12H13ClN4O2S/c1-12(11(14)19,7-17-6-2-5-15-17)16-10(18)8-3-4-9(13)20-8/h2-6H,7H2,1H3,(H2,14,19)(H,16,18). The fraction of sp³-hybridized carbons (Fsp3) is 0.250. The molecule has 20 heavy (non-hydrogen) atoms. The van der Waals surface area contributed by atoms with Gasteiger partial charge in [-0.2, -0.15) is 5.10 Å². The fourth-order valence-electron chi connectivity index (χ4n) is 1.65. The zero-order valence-electron chi connectivity index (χ0n) is 10.7. The summed E-state index contributed by atoms with van der Waals surface area (Å²) in [5, 5.41) is 6.65. The first-order chi connectivity index (χ1) is 9.40. The number of amides is 2. The van der Waals surface area contributed by atoms with E-state index >= 15 is 0 Å². The molecular formula is C12H13ClN4O2S. The third-order valence-electron chi connectivity index (χ3n) is 2.77. The van der Waals surface area contributed by atoms with Crippen LogP contribution in [0.5, 0.6) is 0 Å². The van der Waals surface area contributed by atoms with E-state index in [9.17, 15) is 9.59 Å². The van der Waals surface area contributed by atoms with Crippen molar-refractivity contribution >= 4 is 34.8 Å². The molecule has 2 rings (SSSR count). The van der Waals surface area contributed by atoms with Crippen LogP contribution in [0.4, 0.5) is 0 Å². The van der Waals surface area contributed by atoms with Gasteiger partial charge in [-0.15, -0.1) is 11.3 Å². The maximum atomic E-state index is 12.1. The molecule has 2 amide bonds. The summed E-state index contributed by atoms with van der Waals surface area (Å²) in [4.78, 5) is 24.2. The minimum atomic E-state index is -1.24. The molecule has 2 aromatic heterocycles. The van der Waals surface area contributed by atoms with Gasteiger partial charge in [-0.3, -0.25) is 14.3 Å². The van der Waals surface area contributed by atoms with Gasteiger partial charge in [0.1, 0.15) is 5.54 Å². The van der Waals surface area contributed by atoms with Crippen molar-refractivity contribution in [3.8, 4) is 0 Å². The molecule has 0 spiro atoms. The lowest BCUT2D eigenvalue weighted by atomic mass is 10.0. The van der Waals surface area contributed by atoms with Crippen molar-refractivity contribution in [2.75, 3.05) is 0 Å². The summed E-state index contributed by atoms with van der Waals surface area (Å²) >= 11 is 6.92. The number of hydrogen-bond acceptors (Lipinski definition) is 4. The molecule has 0 aliphatic heterocycles. The van der Waals surface area contributed by atoms with Crippen LogP contribution in [-0.4, -0.2) is 27.1 Å². The summed E-state index contributed by atoms with van der Waals surface area (Å²) < 4.78 is 2.04. The largest absolute Gasteiger partial charge is 0.368 e. The molecule has 0 fully saturated rings. The average molecular weight is 313 g/mol. The topological polar surface area (TPSA) is 90.0 Å². The Balaban J connectivity index is 2.16. The molecule has 0 radical (unpaired) electrons. The maximum absolute atomic E-state index is 12.1. The van der Waals surface area contributed by atoms with Crippen LogP contribution in [0, 0.1) is 0 Å². The highest BCUT2D eigenvalue weighted by Gasteiger charge is 2.34. The number of carbonyl (C=O) groups excluding carboxylic acids is 2. The second kappa shape index (κ2) is 5.64. The van der Waals surface area contributed by atoms with Crippen LogP contribution in [0.1, 0.15) is 16.6 Å². The number of halogens is 1. The van der Waals surface area contributed by atoms with Crippen LogP contribution < -0.4 is 11.1 Å². The first-order valence-corrected chi connectivity index (χ1v) is 6.95. The minimum absolute atomic E-state index is 0.153. The Morgan fingerprint density at radius 1 is 1.55 bits per heavy atom. The van der Waals surface area contributed by atoms with Crippen molar-refractivity contribution in [2.24, 2.45) is 5.73 Å². The number of hydrogen-bond donors (Lipinski definition) is 2. The van der Waals surface area contributed by atoms with E-state index in [1.165, 1.54) is 4.68 Å². The molecule has 0 aromatic carbocycles. The van der Waals surface area contributed by atoms with Gasteiger partial charge in [-0.25, -0.2) is 0 Å². The van der Waals surface area contributed by atoms with Gasteiger partial charge in [0.05, 0.1) is 15.8 Å². The van der Waals surface area contributed by atoms with E-state index in [4.69, 9.17) is 17.3 Å². The summed E-state index contributed by atoms with van der Waals surface area (Å²) in [7, 11) is 0. The van der Waals surface area contributed by atoms with Crippen molar-refractivity contribution in [3.63, 3.8) is 0 Å². The normalized spacial score (nSPS) is 13.7. The molecule has 0 bridgehead atoms. The molecule has 0 aliphatic carbocycles. The number of thiophene rings is 1. The van der Waals surface area contributed by atoms with Gasteiger partial charge >= 0.3 is 0 Å². The summed E-state index contributed by atoms with van der Waals surface area (Å²) in [6, 6.07) is 4.94. The maximum Gasteiger partial charge on any atom is 0.262 e. The van der Waals surface area contributed by atoms with Crippen molar-refractivity contribution < 1.29 is 9.59 Å². The lowest BCUT2D eigenvalue weighted by molar-refractivity contribution is -0.124. The monoisotopic (exact) mass is 312 g/mol. The highest BCUT2D eigenvalue weighted by molar-refractivity contribution is 7.18. The Labute approximate surface area is 124 Å². The minimum Gasteiger partial charge on any atom is -0.368 e. The van der Waals surface area contributed by atoms with Gasteiger partial charge in [-0.1, -0.05) is 11.6 Å². The van der Waals surface area contributed by atoms with Crippen LogP contribution in [0.3, 0.4) is 0 Å². The fourth-order valence-corrected chi connectivity index (χ4v) is 2.58. The second-order valence-corrected chi connectivity index (χ2v) is 6.17. The van der Waals surface area contributed by atoms with Crippen LogP contribution >= 0.6 is 22.9 Å². The number of rotatable bonds is 5. The van der Waals surface area contributed by atoms with Crippen LogP contribution in [0.2, 0.25) is 4.34 Å². The highest BCUT2D eigenvalue weighted by Crippen LogP contribution is 2.22. The number of nitrogens with zero attached hydrogens (tertiary/aromatic N) is 2. The van der Waals surface area contributed by atoms with E-state index in [-0.39, 0.29) is 6.54 Å². The molecule has 2 aromatic rings. The number of aromatic nitrogens is 2. The van der Waals surface area contributed by atoms with Gasteiger partial charge in [0, 0.05) is 12.4 Å². The third kappa shape index (κ3) is 3.17. The summed E-state index contributed by atoms with van der Waals surface area (Å²) in [5.74, 6) is -1.03. The predicted molar refractivity (Wildman–Crippen MR) is 76.6 cm³/mol. The summed E-state index contributed by atoms with van der Waals surface area (Å²) in [5.41, 5.74) is 4.17. The Morgan fingerprint density at radius 2 is 2.30 bits per heavy atom. The molecule has 8 heteroatoms. The Kier molecular flexibility index (Phi) is 4.10. The van der Waals surface area contributed by atoms with E-state index in [1.54, 1.807) is 37.5 Å². The van der Waals surface area contributed by atoms with Crippen molar-refractivity contribution in [1.82, 2.24) is 15.1 Å². The zero-order chi connectivity index (χ0) is 14.8. The zero-order valence-corrected chi connectivity index (χ0v) is 12.2. The van der Waals surface area contributed by atoms with E-state index in [0.717, 1.165) is 11.3 Å². The molecule has 0 aliphatic rings. The molecule has 6 nitrogen and oxygen atoms in total. The van der Waals surface area contributed by atoms with E-state index in [2.05, 4.69) is 10.4 Å². The number of nitrogens with one attached hydrogen (secondary N) is 1. The quantitative estimate of drug-likeness (QED) is 0.871. The lowest BCUT2D eigenvalue weighted by Crippen LogP contribution is -2.57. The van der Waals surface area contributed by atoms with Gasteiger partial charge in [0.2, 0.25) is 5.91 Å². The Morgan fingerprint density at radius 3 is 2.80 bits per heavy atom. The lowest BCUT2D eigenvalue weighted by Gasteiger charge is -2.27. The van der Waals surface area contributed by atoms with Gasteiger partial charge < -0.3 is 11.1 Å². The van der Waals surface area contributed by atoms with Gasteiger partial charge in [0.25, 0.3) is 5.91 Å². The van der Waals surface area contributed by atoms with Crippen LogP contribution in [-0.2, 0) is 11.3 Å². The summed E-state index contributed by atoms with van der Waals surface area (Å²) in [6.07, 6.45) is 3.28. The third-order valence-corrected chi connectivity index (χ3v) is 4.00. The highest BCUT2D eigenvalue weighted by atomic mass is 35.5. The average Bonchev–Trinajstić information content (AvgIpc) is 3.00. The van der Waals surface area contributed by atoms with Crippen LogP contribution in [0.25, 0.3) is 0 Å².